The van der Waals surface area contributed by atoms with E-state index in [1.165, 1.54) is 38.5 Å². The van der Waals surface area contributed by atoms with Gasteiger partial charge in [-0.2, -0.15) is 0 Å². The fraction of sp³-hybridized carbons (Fsp3) is 0.944. The zero-order valence-electron chi connectivity index (χ0n) is 13.7. The maximum absolute atomic E-state index is 12.3. The Morgan fingerprint density at radius 1 is 1.19 bits per heavy atom. The Hall–Kier alpha value is -0.570. The molecule has 4 bridgehead atoms. The van der Waals surface area contributed by atoms with Crippen LogP contribution in [0.2, 0.25) is 0 Å². The fourth-order valence-electron chi connectivity index (χ4n) is 5.82. The molecule has 120 valence electrons. The topological polar surface area (TPSA) is 55.1 Å². The van der Waals surface area contributed by atoms with E-state index >= 15 is 0 Å². The minimum Gasteiger partial charge on any atom is -0.353 e. The van der Waals surface area contributed by atoms with Gasteiger partial charge < -0.3 is 11.1 Å². The third-order valence-corrected chi connectivity index (χ3v) is 6.77. The molecule has 0 heterocycles. The summed E-state index contributed by atoms with van der Waals surface area (Å²) in [7, 11) is 0. The van der Waals surface area contributed by atoms with E-state index in [9.17, 15) is 4.79 Å². The molecule has 0 aromatic heterocycles. The average molecular weight is 292 g/mol. The van der Waals surface area contributed by atoms with Crippen molar-refractivity contribution in [1.82, 2.24) is 5.32 Å². The number of amides is 1. The lowest BCUT2D eigenvalue weighted by atomic mass is 9.48. The van der Waals surface area contributed by atoms with Crippen LogP contribution in [0.25, 0.3) is 0 Å². The van der Waals surface area contributed by atoms with Crippen LogP contribution in [0.3, 0.4) is 0 Å². The quantitative estimate of drug-likeness (QED) is 0.790. The molecule has 3 heteroatoms. The summed E-state index contributed by atoms with van der Waals surface area (Å²) < 4.78 is 0. The van der Waals surface area contributed by atoms with Gasteiger partial charge in [-0.3, -0.25) is 4.79 Å². The van der Waals surface area contributed by atoms with Gasteiger partial charge in [0.05, 0.1) is 0 Å². The van der Waals surface area contributed by atoms with Crippen LogP contribution in [0.15, 0.2) is 0 Å². The van der Waals surface area contributed by atoms with Gasteiger partial charge in [0, 0.05) is 12.5 Å². The van der Waals surface area contributed by atoms with Crippen molar-refractivity contribution in [2.24, 2.45) is 34.8 Å². The molecule has 3 N–H and O–H groups in total. The highest BCUT2D eigenvalue weighted by Gasteiger charge is 2.53. The lowest BCUT2D eigenvalue weighted by Gasteiger charge is -2.59. The number of hydrogen-bond acceptors (Lipinski definition) is 2. The van der Waals surface area contributed by atoms with E-state index in [4.69, 9.17) is 5.73 Å². The minimum absolute atomic E-state index is 0.218. The van der Waals surface area contributed by atoms with E-state index in [2.05, 4.69) is 19.2 Å². The van der Waals surface area contributed by atoms with Crippen LogP contribution in [0.5, 0.6) is 0 Å². The summed E-state index contributed by atoms with van der Waals surface area (Å²) in [5, 5.41) is 3.34. The van der Waals surface area contributed by atoms with Crippen molar-refractivity contribution in [3.8, 4) is 0 Å². The van der Waals surface area contributed by atoms with E-state index < -0.39 is 0 Å². The second-order valence-electron chi connectivity index (χ2n) is 8.28. The first-order valence-electron chi connectivity index (χ1n) is 9.04. The number of carbonyl (C=O) groups excluding carboxylic acids is 1. The van der Waals surface area contributed by atoms with Crippen LogP contribution in [-0.4, -0.2) is 18.5 Å². The summed E-state index contributed by atoms with van der Waals surface area (Å²) in [5.74, 6) is 3.40. The molecule has 4 aliphatic rings. The number of rotatable bonds is 6. The Bertz CT molecular complexity index is 353. The van der Waals surface area contributed by atoms with Gasteiger partial charge in [0.25, 0.3) is 0 Å². The summed E-state index contributed by atoms with van der Waals surface area (Å²) in [4.78, 5) is 12.3. The zero-order chi connectivity index (χ0) is 15.0. The first kappa shape index (κ1) is 15.3. The lowest BCUT2D eigenvalue weighted by molar-refractivity contribution is -0.126. The molecule has 0 aliphatic heterocycles. The molecule has 2 unspecified atom stereocenters. The van der Waals surface area contributed by atoms with Gasteiger partial charge in [-0.15, -0.1) is 0 Å². The summed E-state index contributed by atoms with van der Waals surface area (Å²) in [6, 6.07) is 0.341. The Morgan fingerprint density at radius 3 is 2.14 bits per heavy atom. The Balaban J connectivity index is 1.60. The highest BCUT2D eigenvalue weighted by molar-refractivity contribution is 5.76. The molecular weight excluding hydrogens is 260 g/mol. The maximum atomic E-state index is 12.3. The second kappa shape index (κ2) is 5.91. The van der Waals surface area contributed by atoms with Gasteiger partial charge in [0.2, 0.25) is 5.91 Å². The van der Waals surface area contributed by atoms with Crippen molar-refractivity contribution in [3.63, 3.8) is 0 Å². The average Bonchev–Trinajstić information content (AvgIpc) is 2.43. The molecule has 1 amide bonds. The molecule has 4 rings (SSSR count). The van der Waals surface area contributed by atoms with Crippen molar-refractivity contribution >= 4 is 5.91 Å². The smallest absolute Gasteiger partial charge is 0.220 e. The van der Waals surface area contributed by atoms with Crippen LogP contribution in [0.1, 0.15) is 65.2 Å². The highest BCUT2D eigenvalue weighted by atomic mass is 16.1. The first-order chi connectivity index (χ1) is 10.0. The summed E-state index contributed by atoms with van der Waals surface area (Å²) in [6.07, 6.45) is 10.1. The van der Waals surface area contributed by atoms with Gasteiger partial charge in [-0.05, 0) is 81.1 Å². The van der Waals surface area contributed by atoms with Gasteiger partial charge >= 0.3 is 0 Å². The van der Waals surface area contributed by atoms with Crippen LogP contribution in [0.4, 0.5) is 0 Å². The molecule has 21 heavy (non-hydrogen) atoms. The number of nitrogens with two attached hydrogens (primary N) is 1. The summed E-state index contributed by atoms with van der Waals surface area (Å²) in [5.41, 5.74) is 6.14. The van der Waals surface area contributed by atoms with Crippen molar-refractivity contribution in [3.05, 3.63) is 0 Å². The van der Waals surface area contributed by atoms with Gasteiger partial charge in [-0.1, -0.05) is 13.3 Å². The first-order valence-corrected chi connectivity index (χ1v) is 9.04. The Labute approximate surface area is 129 Å². The number of nitrogens with one attached hydrogen (secondary N) is 1. The van der Waals surface area contributed by atoms with E-state index in [1.54, 1.807) is 0 Å². The minimum atomic E-state index is 0.218. The van der Waals surface area contributed by atoms with Gasteiger partial charge in [-0.25, -0.2) is 0 Å². The van der Waals surface area contributed by atoms with Crippen LogP contribution >= 0.6 is 0 Å². The van der Waals surface area contributed by atoms with Gasteiger partial charge in [0.15, 0.2) is 0 Å². The van der Waals surface area contributed by atoms with E-state index in [0.717, 1.165) is 24.2 Å². The monoisotopic (exact) mass is 292 g/mol. The fourth-order valence-corrected chi connectivity index (χ4v) is 5.82. The third-order valence-electron chi connectivity index (χ3n) is 6.77. The molecule has 2 atom stereocenters. The normalized spacial score (nSPS) is 40.0. The molecule has 0 saturated heterocycles. The molecular formula is C18H32N2O. The van der Waals surface area contributed by atoms with Crippen LogP contribution in [0, 0.1) is 29.1 Å². The maximum Gasteiger partial charge on any atom is 0.220 e. The summed E-state index contributed by atoms with van der Waals surface area (Å²) in [6.45, 7) is 5.00. The molecule has 0 spiro atoms. The predicted molar refractivity (Wildman–Crippen MR) is 85.7 cm³/mol. The van der Waals surface area contributed by atoms with E-state index in [0.29, 0.717) is 30.3 Å². The molecule has 4 aliphatic carbocycles. The predicted octanol–water partition coefficient (Wildman–Crippen LogP) is 3.08. The zero-order valence-corrected chi connectivity index (χ0v) is 13.7. The Kier molecular flexibility index (Phi) is 4.31. The second-order valence-corrected chi connectivity index (χ2v) is 8.28. The largest absolute Gasteiger partial charge is 0.353 e. The van der Waals surface area contributed by atoms with Crippen LogP contribution < -0.4 is 11.1 Å². The Morgan fingerprint density at radius 2 is 1.71 bits per heavy atom. The van der Waals surface area contributed by atoms with E-state index in [-0.39, 0.29) is 5.91 Å². The molecule has 4 fully saturated rings. The van der Waals surface area contributed by atoms with Crippen molar-refractivity contribution in [2.45, 2.75) is 71.3 Å². The third kappa shape index (κ3) is 2.99. The SMILES string of the molecule is CCC(CN)CC(=O)NC(C)C12CC3CC(CC(C3)C1)C2. The molecule has 0 radical (unpaired) electrons. The number of carbonyl (C=O) groups is 1. The molecule has 0 aromatic rings. The van der Waals surface area contributed by atoms with Crippen molar-refractivity contribution < 1.29 is 4.79 Å². The summed E-state index contributed by atoms with van der Waals surface area (Å²) >= 11 is 0. The molecule has 3 nitrogen and oxygen atoms in total. The standard InChI is InChI=1S/C18H32N2O/c1-3-13(11-19)7-17(21)20-12(2)18-8-14-4-15(9-18)6-16(5-14)10-18/h12-16H,3-11,19H2,1-2H3,(H,20,21). The van der Waals surface area contributed by atoms with E-state index in [1.807, 2.05) is 0 Å². The van der Waals surface area contributed by atoms with Crippen molar-refractivity contribution in [2.75, 3.05) is 6.54 Å². The van der Waals surface area contributed by atoms with Crippen LogP contribution in [-0.2, 0) is 4.79 Å². The molecule has 0 aromatic carbocycles. The van der Waals surface area contributed by atoms with Crippen molar-refractivity contribution in [1.29, 1.82) is 0 Å². The highest BCUT2D eigenvalue weighted by Crippen LogP contribution is 2.61. The lowest BCUT2D eigenvalue weighted by Crippen LogP contribution is -2.56. The molecule has 4 saturated carbocycles. The number of hydrogen-bond donors (Lipinski definition) is 2. The van der Waals surface area contributed by atoms with Gasteiger partial charge in [0.1, 0.15) is 0 Å².